The van der Waals surface area contributed by atoms with Gasteiger partial charge in [0.15, 0.2) is 0 Å². The van der Waals surface area contributed by atoms with Crippen molar-refractivity contribution in [3.8, 4) is 5.75 Å². The van der Waals surface area contributed by atoms with Crippen molar-refractivity contribution in [2.75, 3.05) is 13.7 Å². The zero-order valence-corrected chi connectivity index (χ0v) is 13.4. The maximum atomic E-state index is 11.7. The van der Waals surface area contributed by atoms with E-state index in [2.05, 4.69) is 21.2 Å². The summed E-state index contributed by atoms with van der Waals surface area (Å²) in [4.78, 5) is 22.4. The second-order valence-corrected chi connectivity index (χ2v) is 6.05. The summed E-state index contributed by atoms with van der Waals surface area (Å²) < 4.78 is 6.27. The van der Waals surface area contributed by atoms with Crippen molar-refractivity contribution >= 4 is 27.8 Å². The molecular weight excluding hydrogens is 338 g/mol. The molecule has 1 fully saturated rings. The summed E-state index contributed by atoms with van der Waals surface area (Å²) in [5.74, 6) is -1.04. The number of hydrogen-bond donors (Lipinski definition) is 2. The van der Waals surface area contributed by atoms with Gasteiger partial charge in [0.05, 0.1) is 18.9 Å². The lowest BCUT2D eigenvalue weighted by atomic mass is 10.1. The van der Waals surface area contributed by atoms with E-state index in [0.717, 1.165) is 28.6 Å². The van der Waals surface area contributed by atoms with Gasteiger partial charge in [-0.1, -0.05) is 22.0 Å². The van der Waals surface area contributed by atoms with E-state index in [4.69, 9.17) is 9.84 Å². The van der Waals surface area contributed by atoms with Crippen LogP contribution in [0.5, 0.6) is 5.75 Å². The summed E-state index contributed by atoms with van der Waals surface area (Å²) in [5.41, 5.74) is 1.09. The minimum absolute atomic E-state index is 0.148. The molecule has 1 aliphatic carbocycles. The molecule has 1 amide bonds. The lowest BCUT2D eigenvalue weighted by molar-refractivity contribution is -0.140. The Labute approximate surface area is 131 Å². The number of benzene rings is 1. The van der Waals surface area contributed by atoms with E-state index in [1.54, 1.807) is 7.11 Å². The molecule has 0 radical (unpaired) electrons. The maximum absolute atomic E-state index is 11.7. The number of carbonyl (C=O) groups is 2. The first-order valence-electron chi connectivity index (χ1n) is 6.86. The summed E-state index contributed by atoms with van der Waals surface area (Å²) >= 11 is 3.39. The van der Waals surface area contributed by atoms with Crippen molar-refractivity contribution in [2.45, 2.75) is 19.3 Å². The average Bonchev–Trinajstić information content (AvgIpc) is 3.25. The second-order valence-electron chi connectivity index (χ2n) is 5.14. The minimum atomic E-state index is -0.880. The fourth-order valence-electron chi connectivity index (χ4n) is 2.30. The fourth-order valence-corrected chi connectivity index (χ4v) is 2.64. The molecule has 1 aromatic rings. The number of halogens is 1. The van der Waals surface area contributed by atoms with Crippen LogP contribution in [0.25, 0.3) is 0 Å². The van der Waals surface area contributed by atoms with Crippen LogP contribution in [0.3, 0.4) is 0 Å². The van der Waals surface area contributed by atoms with Gasteiger partial charge in [0.25, 0.3) is 0 Å². The van der Waals surface area contributed by atoms with Gasteiger partial charge in [-0.05, 0) is 37.0 Å². The van der Waals surface area contributed by atoms with Crippen molar-refractivity contribution in [2.24, 2.45) is 11.8 Å². The highest BCUT2D eigenvalue weighted by Crippen LogP contribution is 2.38. The van der Waals surface area contributed by atoms with Crippen LogP contribution in [0.4, 0.5) is 0 Å². The summed E-state index contributed by atoms with van der Waals surface area (Å²) in [6, 6.07) is 5.86. The summed E-state index contributed by atoms with van der Waals surface area (Å²) in [6.07, 6.45) is 2.04. The Kier molecular flexibility index (Phi) is 5.22. The number of ether oxygens (including phenoxy) is 1. The SMILES string of the molecule is COc1cc(Br)ccc1CCCNC(=O)C1CC1C(=O)O. The smallest absolute Gasteiger partial charge is 0.307 e. The standard InChI is InChI=1S/C15H18BrNO4/c1-21-13-7-10(16)5-4-9(13)3-2-6-17-14(18)11-8-12(11)15(19)20/h4-5,7,11-12H,2-3,6,8H2,1H3,(H,17,18)(H,19,20). The summed E-state index contributed by atoms with van der Waals surface area (Å²) in [7, 11) is 1.63. The number of nitrogens with one attached hydrogen (secondary N) is 1. The van der Waals surface area contributed by atoms with Crippen LogP contribution in [-0.2, 0) is 16.0 Å². The monoisotopic (exact) mass is 355 g/mol. The van der Waals surface area contributed by atoms with Crippen molar-refractivity contribution < 1.29 is 19.4 Å². The van der Waals surface area contributed by atoms with Crippen LogP contribution in [0, 0.1) is 11.8 Å². The number of aliphatic carboxylic acids is 1. The molecule has 1 saturated carbocycles. The summed E-state index contributed by atoms with van der Waals surface area (Å²) in [5, 5.41) is 11.6. The molecule has 21 heavy (non-hydrogen) atoms. The van der Waals surface area contributed by atoms with Gasteiger partial charge < -0.3 is 15.2 Å². The van der Waals surface area contributed by atoms with Crippen molar-refractivity contribution in [1.82, 2.24) is 5.32 Å². The van der Waals surface area contributed by atoms with Gasteiger partial charge in [-0.3, -0.25) is 9.59 Å². The van der Waals surface area contributed by atoms with Gasteiger partial charge >= 0.3 is 5.97 Å². The van der Waals surface area contributed by atoms with Gasteiger partial charge in [0.1, 0.15) is 5.75 Å². The minimum Gasteiger partial charge on any atom is -0.496 e. The number of rotatable bonds is 7. The van der Waals surface area contributed by atoms with Gasteiger partial charge in [0.2, 0.25) is 5.91 Å². The molecule has 0 bridgehead atoms. The first-order valence-corrected chi connectivity index (χ1v) is 7.65. The molecule has 1 aliphatic rings. The first kappa shape index (κ1) is 15.8. The lowest BCUT2D eigenvalue weighted by Gasteiger charge is -2.09. The van der Waals surface area contributed by atoms with Gasteiger partial charge in [-0.2, -0.15) is 0 Å². The quantitative estimate of drug-likeness (QED) is 0.735. The van der Waals surface area contributed by atoms with E-state index in [9.17, 15) is 9.59 Å². The number of methoxy groups -OCH3 is 1. The highest BCUT2D eigenvalue weighted by atomic mass is 79.9. The predicted octanol–water partition coefficient (Wildman–Crippen LogP) is 2.23. The molecule has 2 rings (SSSR count). The summed E-state index contributed by atoms with van der Waals surface area (Å²) in [6.45, 7) is 0.543. The molecule has 0 saturated heterocycles. The topological polar surface area (TPSA) is 75.6 Å². The Morgan fingerprint density at radius 2 is 2.19 bits per heavy atom. The largest absolute Gasteiger partial charge is 0.496 e. The zero-order valence-electron chi connectivity index (χ0n) is 11.8. The Bertz CT molecular complexity index is 546. The molecule has 0 spiro atoms. The van der Waals surface area contributed by atoms with E-state index in [-0.39, 0.29) is 11.8 Å². The molecule has 0 heterocycles. The van der Waals surface area contributed by atoms with Crippen LogP contribution in [-0.4, -0.2) is 30.6 Å². The first-order chi connectivity index (χ1) is 10.0. The third-order valence-corrected chi connectivity index (χ3v) is 4.11. The van der Waals surface area contributed by atoms with Crippen LogP contribution < -0.4 is 10.1 Å². The van der Waals surface area contributed by atoms with Crippen LogP contribution in [0.2, 0.25) is 0 Å². The van der Waals surface area contributed by atoms with E-state index >= 15 is 0 Å². The normalized spacial score (nSPS) is 19.9. The Morgan fingerprint density at radius 3 is 2.81 bits per heavy atom. The third kappa shape index (κ3) is 4.20. The molecule has 2 N–H and O–H groups in total. The lowest BCUT2D eigenvalue weighted by Crippen LogP contribution is -2.27. The van der Waals surface area contributed by atoms with Crippen molar-refractivity contribution in [3.63, 3.8) is 0 Å². The van der Waals surface area contributed by atoms with Gasteiger partial charge in [0, 0.05) is 11.0 Å². The van der Waals surface area contributed by atoms with Crippen LogP contribution in [0.1, 0.15) is 18.4 Å². The van der Waals surface area contributed by atoms with Crippen molar-refractivity contribution in [1.29, 1.82) is 0 Å². The van der Waals surface area contributed by atoms with Crippen LogP contribution >= 0.6 is 15.9 Å². The Hall–Kier alpha value is -1.56. The highest BCUT2D eigenvalue weighted by Gasteiger charge is 2.48. The molecule has 2 atom stereocenters. The van der Waals surface area contributed by atoms with E-state index in [0.29, 0.717) is 13.0 Å². The number of hydrogen-bond acceptors (Lipinski definition) is 3. The van der Waals surface area contributed by atoms with Gasteiger partial charge in [-0.25, -0.2) is 0 Å². The highest BCUT2D eigenvalue weighted by molar-refractivity contribution is 9.10. The van der Waals surface area contributed by atoms with Gasteiger partial charge in [-0.15, -0.1) is 0 Å². The molecule has 1 aromatic carbocycles. The molecule has 6 heteroatoms. The maximum Gasteiger partial charge on any atom is 0.307 e. The molecule has 114 valence electrons. The number of carboxylic acids is 1. The Balaban J connectivity index is 1.73. The van der Waals surface area contributed by atoms with Crippen molar-refractivity contribution in [3.05, 3.63) is 28.2 Å². The van der Waals surface area contributed by atoms with Crippen LogP contribution in [0.15, 0.2) is 22.7 Å². The van der Waals surface area contributed by atoms with E-state index in [1.807, 2.05) is 18.2 Å². The fraction of sp³-hybridized carbons (Fsp3) is 0.467. The van der Waals surface area contributed by atoms with E-state index < -0.39 is 11.9 Å². The molecular formula is C15H18BrNO4. The predicted molar refractivity (Wildman–Crippen MR) is 81.3 cm³/mol. The number of carbonyl (C=O) groups excluding carboxylic acids is 1. The average molecular weight is 356 g/mol. The number of aryl methyl sites for hydroxylation is 1. The van der Waals surface area contributed by atoms with E-state index in [1.165, 1.54) is 0 Å². The molecule has 5 nitrogen and oxygen atoms in total. The second kappa shape index (κ2) is 6.93. The number of amides is 1. The molecule has 0 aromatic heterocycles. The molecule has 0 aliphatic heterocycles. The third-order valence-electron chi connectivity index (χ3n) is 3.62. The zero-order chi connectivity index (χ0) is 15.4. The Morgan fingerprint density at radius 1 is 1.43 bits per heavy atom. The molecule has 2 unspecified atom stereocenters. The number of carboxylic acid groups (broad SMARTS) is 1.